The highest BCUT2D eigenvalue weighted by Gasteiger charge is 2.13. The van der Waals surface area contributed by atoms with E-state index in [4.69, 9.17) is 9.84 Å². The van der Waals surface area contributed by atoms with Crippen LogP contribution in [0.15, 0.2) is 24.3 Å². The SMILES string of the molecule is COCCN(C)C(=O)c1ccccc1C#CCCO. The van der Waals surface area contributed by atoms with Crippen molar-refractivity contribution in [3.05, 3.63) is 35.4 Å². The number of methoxy groups -OCH3 is 1. The second kappa shape index (κ2) is 8.30. The number of hydrogen-bond donors (Lipinski definition) is 1. The minimum Gasteiger partial charge on any atom is -0.395 e. The van der Waals surface area contributed by atoms with Crippen LogP contribution < -0.4 is 0 Å². The Morgan fingerprint density at radius 1 is 1.42 bits per heavy atom. The predicted molar refractivity (Wildman–Crippen MR) is 73.9 cm³/mol. The lowest BCUT2D eigenvalue weighted by Gasteiger charge is -2.17. The molecule has 0 radical (unpaired) electrons. The fourth-order valence-electron chi connectivity index (χ4n) is 1.53. The number of aliphatic hydroxyl groups is 1. The monoisotopic (exact) mass is 261 g/mol. The molecule has 0 aliphatic carbocycles. The fourth-order valence-corrected chi connectivity index (χ4v) is 1.53. The Hall–Kier alpha value is -1.83. The number of carbonyl (C=O) groups excluding carboxylic acids is 1. The van der Waals surface area contributed by atoms with Crippen molar-refractivity contribution in [2.24, 2.45) is 0 Å². The van der Waals surface area contributed by atoms with Crippen molar-refractivity contribution >= 4 is 5.91 Å². The van der Waals surface area contributed by atoms with Crippen molar-refractivity contribution in [1.82, 2.24) is 4.90 Å². The van der Waals surface area contributed by atoms with E-state index in [1.54, 1.807) is 25.1 Å². The summed E-state index contributed by atoms with van der Waals surface area (Å²) >= 11 is 0. The predicted octanol–water partition coefficient (Wildman–Crippen LogP) is 1.14. The first-order valence-corrected chi connectivity index (χ1v) is 6.14. The molecule has 1 rings (SSSR count). The number of benzene rings is 1. The average Bonchev–Trinajstić information content (AvgIpc) is 2.44. The lowest BCUT2D eigenvalue weighted by atomic mass is 10.1. The van der Waals surface area contributed by atoms with Gasteiger partial charge in [0.25, 0.3) is 5.91 Å². The van der Waals surface area contributed by atoms with Crippen LogP contribution in [0.2, 0.25) is 0 Å². The Bertz CT molecular complexity index is 474. The zero-order valence-corrected chi connectivity index (χ0v) is 11.3. The maximum atomic E-state index is 12.3. The third kappa shape index (κ3) is 4.74. The molecule has 4 heteroatoms. The Morgan fingerprint density at radius 2 is 2.16 bits per heavy atom. The zero-order chi connectivity index (χ0) is 14.1. The summed E-state index contributed by atoms with van der Waals surface area (Å²) in [7, 11) is 3.34. The summed E-state index contributed by atoms with van der Waals surface area (Å²) in [5.74, 6) is 5.67. The average molecular weight is 261 g/mol. The summed E-state index contributed by atoms with van der Waals surface area (Å²) in [4.78, 5) is 13.9. The third-order valence-corrected chi connectivity index (χ3v) is 2.59. The molecule has 0 saturated heterocycles. The molecule has 1 amide bonds. The number of carbonyl (C=O) groups is 1. The molecule has 1 aromatic carbocycles. The zero-order valence-electron chi connectivity index (χ0n) is 11.3. The molecule has 102 valence electrons. The summed E-state index contributed by atoms with van der Waals surface area (Å²) in [5.41, 5.74) is 1.26. The molecule has 0 heterocycles. The van der Waals surface area contributed by atoms with E-state index in [1.165, 1.54) is 0 Å². The van der Waals surface area contributed by atoms with Gasteiger partial charge in [0, 0.05) is 32.7 Å². The molecule has 0 spiro atoms. The standard InChI is InChI=1S/C15H19NO3/c1-16(10-12-19-2)15(18)14-9-4-3-7-13(14)8-5-6-11-17/h3-4,7,9,17H,6,10-12H2,1-2H3. The molecule has 0 fully saturated rings. The van der Waals surface area contributed by atoms with E-state index in [0.717, 1.165) is 0 Å². The van der Waals surface area contributed by atoms with Crippen LogP contribution >= 0.6 is 0 Å². The van der Waals surface area contributed by atoms with Gasteiger partial charge < -0.3 is 14.7 Å². The summed E-state index contributed by atoms with van der Waals surface area (Å²) in [6, 6.07) is 7.22. The highest BCUT2D eigenvalue weighted by atomic mass is 16.5. The van der Waals surface area contributed by atoms with Gasteiger partial charge in [0.15, 0.2) is 0 Å². The molecule has 19 heavy (non-hydrogen) atoms. The maximum absolute atomic E-state index is 12.3. The minimum atomic E-state index is -0.0778. The molecule has 0 aromatic heterocycles. The van der Waals surface area contributed by atoms with Crippen molar-refractivity contribution in [2.45, 2.75) is 6.42 Å². The summed E-state index contributed by atoms with van der Waals surface area (Å²) in [6.45, 7) is 1.06. The van der Waals surface area contributed by atoms with Crippen LogP contribution in [0.4, 0.5) is 0 Å². The number of nitrogens with zero attached hydrogens (tertiary/aromatic N) is 1. The minimum absolute atomic E-state index is 0.0247. The molecule has 1 aromatic rings. The normalized spacial score (nSPS) is 9.63. The molecule has 0 aliphatic rings. The fraction of sp³-hybridized carbons (Fsp3) is 0.400. The Balaban J connectivity index is 2.88. The van der Waals surface area contributed by atoms with Crippen LogP contribution in [0.3, 0.4) is 0 Å². The number of ether oxygens (including phenoxy) is 1. The number of hydrogen-bond acceptors (Lipinski definition) is 3. The van der Waals surface area contributed by atoms with Gasteiger partial charge >= 0.3 is 0 Å². The van der Waals surface area contributed by atoms with Gasteiger partial charge in [-0.15, -0.1) is 0 Å². The molecular formula is C15H19NO3. The van der Waals surface area contributed by atoms with Crippen LogP contribution in [-0.4, -0.2) is 49.8 Å². The van der Waals surface area contributed by atoms with Crippen LogP contribution in [-0.2, 0) is 4.74 Å². The van der Waals surface area contributed by atoms with Crippen LogP contribution in [0.5, 0.6) is 0 Å². The van der Waals surface area contributed by atoms with Gasteiger partial charge in [-0.2, -0.15) is 0 Å². The van der Waals surface area contributed by atoms with Crippen molar-refractivity contribution in [1.29, 1.82) is 0 Å². The van der Waals surface area contributed by atoms with E-state index in [-0.39, 0.29) is 12.5 Å². The van der Waals surface area contributed by atoms with Gasteiger partial charge in [-0.25, -0.2) is 0 Å². The van der Waals surface area contributed by atoms with E-state index >= 15 is 0 Å². The van der Waals surface area contributed by atoms with Crippen molar-refractivity contribution in [3.63, 3.8) is 0 Å². The summed E-state index contributed by atoms with van der Waals surface area (Å²) in [5, 5.41) is 8.72. The van der Waals surface area contributed by atoms with Gasteiger partial charge in [-0.1, -0.05) is 24.0 Å². The largest absolute Gasteiger partial charge is 0.395 e. The summed E-state index contributed by atoms with van der Waals surface area (Å²) < 4.78 is 4.96. The number of aliphatic hydroxyl groups excluding tert-OH is 1. The molecule has 0 bridgehead atoms. The Kier molecular flexibility index (Phi) is 6.65. The smallest absolute Gasteiger partial charge is 0.254 e. The van der Waals surface area contributed by atoms with E-state index < -0.39 is 0 Å². The second-order valence-electron chi connectivity index (χ2n) is 4.04. The molecule has 4 nitrogen and oxygen atoms in total. The number of rotatable bonds is 5. The first-order chi connectivity index (χ1) is 9.20. The molecule has 0 atom stereocenters. The first kappa shape index (κ1) is 15.2. The quantitative estimate of drug-likeness (QED) is 0.809. The van der Waals surface area contributed by atoms with E-state index in [9.17, 15) is 4.79 Å². The van der Waals surface area contributed by atoms with Gasteiger partial charge in [0.05, 0.1) is 18.8 Å². The molecular weight excluding hydrogens is 242 g/mol. The van der Waals surface area contributed by atoms with E-state index in [0.29, 0.717) is 30.7 Å². The Morgan fingerprint density at radius 3 is 2.84 bits per heavy atom. The number of amides is 1. The van der Waals surface area contributed by atoms with Gasteiger partial charge in [0.1, 0.15) is 0 Å². The van der Waals surface area contributed by atoms with Crippen LogP contribution in [0, 0.1) is 11.8 Å². The van der Waals surface area contributed by atoms with E-state index in [1.807, 2.05) is 18.2 Å². The maximum Gasteiger partial charge on any atom is 0.254 e. The second-order valence-corrected chi connectivity index (χ2v) is 4.04. The highest BCUT2D eigenvalue weighted by Crippen LogP contribution is 2.10. The first-order valence-electron chi connectivity index (χ1n) is 6.14. The van der Waals surface area contributed by atoms with Gasteiger partial charge in [-0.3, -0.25) is 4.79 Å². The van der Waals surface area contributed by atoms with Gasteiger partial charge in [-0.05, 0) is 12.1 Å². The van der Waals surface area contributed by atoms with Crippen LogP contribution in [0.25, 0.3) is 0 Å². The molecule has 1 N–H and O–H groups in total. The molecule has 0 aliphatic heterocycles. The Labute approximate surface area is 114 Å². The number of likely N-dealkylation sites (N-methyl/N-ethyl adjacent to an activating group) is 1. The summed E-state index contributed by atoms with van der Waals surface area (Å²) in [6.07, 6.45) is 0.405. The van der Waals surface area contributed by atoms with Crippen molar-refractivity contribution < 1.29 is 14.6 Å². The van der Waals surface area contributed by atoms with Crippen molar-refractivity contribution in [2.75, 3.05) is 33.9 Å². The van der Waals surface area contributed by atoms with Crippen LogP contribution in [0.1, 0.15) is 22.3 Å². The van der Waals surface area contributed by atoms with E-state index in [2.05, 4.69) is 11.8 Å². The lowest BCUT2D eigenvalue weighted by molar-refractivity contribution is 0.0744. The van der Waals surface area contributed by atoms with Gasteiger partial charge in [0.2, 0.25) is 0 Å². The highest BCUT2D eigenvalue weighted by molar-refractivity contribution is 5.96. The van der Waals surface area contributed by atoms with Crippen molar-refractivity contribution in [3.8, 4) is 11.8 Å². The molecule has 0 saturated carbocycles. The topological polar surface area (TPSA) is 49.8 Å². The lowest BCUT2D eigenvalue weighted by Crippen LogP contribution is -2.30. The molecule has 0 unspecified atom stereocenters. The third-order valence-electron chi connectivity index (χ3n) is 2.59.